The lowest BCUT2D eigenvalue weighted by molar-refractivity contribution is 0.0590. The Hall–Kier alpha value is -3.73. The van der Waals surface area contributed by atoms with Gasteiger partial charge in [-0.3, -0.25) is 14.0 Å². The van der Waals surface area contributed by atoms with Gasteiger partial charge in [0.2, 0.25) is 17.5 Å². The van der Waals surface area contributed by atoms with E-state index in [9.17, 15) is 10.1 Å². The molecule has 4 aromatic rings. The number of nitrogens with zero attached hydrogens (tertiary/aromatic N) is 7. The lowest BCUT2D eigenvalue weighted by Gasteiger charge is -2.39. The van der Waals surface area contributed by atoms with Gasteiger partial charge in [0.1, 0.15) is 17.7 Å². The van der Waals surface area contributed by atoms with Crippen molar-refractivity contribution in [2.24, 2.45) is 0 Å². The van der Waals surface area contributed by atoms with Crippen LogP contribution in [0.5, 0.6) is 5.88 Å². The molecular weight excluding hydrogens is 629 g/mol. The van der Waals surface area contributed by atoms with E-state index in [1.165, 1.54) is 17.7 Å². The molecule has 1 spiro atoms. The highest BCUT2D eigenvalue weighted by molar-refractivity contribution is 7.16. The van der Waals surface area contributed by atoms with Crippen LogP contribution in [0.4, 0.5) is 5.00 Å². The standard InChI is InChI=1S/C35H42N8O4S/c1-2-42-26-31(43(33(42)44)21-8-5-17-45-19-21)38-30(39-32(26)46-20-34-11-6-15-41(34)16-7-12-34)27-22-9-3-13-35(28(22)40-47-27)14-4-10-24-25(35)23(18-36)29(37)48-24/h21H,2-17,19-20,37H2,1H3/t21-,35+/m1/s1. The summed E-state index contributed by atoms with van der Waals surface area (Å²) in [6.07, 6.45) is 11.6. The van der Waals surface area contributed by atoms with Crippen molar-refractivity contribution in [3.8, 4) is 23.5 Å². The fourth-order valence-corrected chi connectivity index (χ4v) is 11.0. The highest BCUT2D eigenvalue weighted by atomic mass is 32.1. The maximum atomic E-state index is 14.1. The Kier molecular flexibility index (Phi) is 7.22. The molecule has 4 aromatic heterocycles. The van der Waals surface area contributed by atoms with Crippen molar-refractivity contribution in [3.05, 3.63) is 37.7 Å². The second-order valence-corrected chi connectivity index (χ2v) is 15.5. The second kappa shape index (κ2) is 11.4. The first-order chi connectivity index (χ1) is 23.5. The number of nitrogens with two attached hydrogens (primary N) is 1. The van der Waals surface area contributed by atoms with E-state index in [-0.39, 0.29) is 17.3 Å². The van der Waals surface area contributed by atoms with E-state index >= 15 is 0 Å². The van der Waals surface area contributed by atoms with Crippen LogP contribution in [0.25, 0.3) is 22.7 Å². The number of rotatable bonds is 6. The molecule has 13 heteroatoms. The third-order valence-corrected chi connectivity index (χ3v) is 13.0. The summed E-state index contributed by atoms with van der Waals surface area (Å²) >= 11 is 1.54. The van der Waals surface area contributed by atoms with Crippen molar-refractivity contribution in [1.29, 1.82) is 5.26 Å². The number of thiophene rings is 1. The summed E-state index contributed by atoms with van der Waals surface area (Å²) in [6, 6.07) is 2.28. The van der Waals surface area contributed by atoms with Crippen LogP contribution in [0.3, 0.4) is 0 Å². The van der Waals surface area contributed by atoms with Crippen LogP contribution in [0.2, 0.25) is 0 Å². The number of anilines is 1. The molecule has 12 nitrogen and oxygen atoms in total. The molecule has 0 aromatic carbocycles. The number of ether oxygens (including phenoxy) is 2. The number of aryl methyl sites for hydroxylation is 2. The second-order valence-electron chi connectivity index (χ2n) is 14.4. The molecular formula is C35H42N8O4S. The van der Waals surface area contributed by atoms with Crippen LogP contribution in [-0.2, 0) is 29.5 Å². The molecule has 2 N–H and O–H groups in total. The van der Waals surface area contributed by atoms with Gasteiger partial charge < -0.3 is 19.7 Å². The molecule has 2 aliphatic carbocycles. The van der Waals surface area contributed by atoms with Gasteiger partial charge in [-0.15, -0.1) is 11.3 Å². The smallest absolute Gasteiger partial charge is 0.330 e. The molecule has 9 rings (SSSR count). The van der Waals surface area contributed by atoms with E-state index in [1.807, 2.05) is 6.92 Å². The number of hydrogen-bond acceptors (Lipinski definition) is 11. The third-order valence-electron chi connectivity index (χ3n) is 12.0. The average molecular weight is 671 g/mol. The van der Waals surface area contributed by atoms with Crippen LogP contribution >= 0.6 is 11.3 Å². The molecule has 48 heavy (non-hydrogen) atoms. The molecule has 0 bridgehead atoms. The van der Waals surface area contributed by atoms with Crippen molar-refractivity contribution in [2.45, 2.75) is 108 Å². The predicted octanol–water partition coefficient (Wildman–Crippen LogP) is 5.10. The van der Waals surface area contributed by atoms with Crippen molar-refractivity contribution >= 4 is 27.5 Å². The average Bonchev–Trinajstić information content (AvgIpc) is 3.91. The van der Waals surface area contributed by atoms with Gasteiger partial charge in [0.15, 0.2) is 11.2 Å². The minimum absolute atomic E-state index is 0.00581. The van der Waals surface area contributed by atoms with Crippen molar-refractivity contribution < 1.29 is 14.0 Å². The lowest BCUT2D eigenvalue weighted by atomic mass is 9.62. The first-order valence-corrected chi connectivity index (χ1v) is 18.6. The Morgan fingerprint density at radius 1 is 1.10 bits per heavy atom. The Labute approximate surface area is 282 Å². The highest BCUT2D eigenvalue weighted by Crippen LogP contribution is 2.55. The molecule has 0 radical (unpaired) electrons. The summed E-state index contributed by atoms with van der Waals surface area (Å²) in [7, 11) is 0. The molecule has 0 saturated carbocycles. The summed E-state index contributed by atoms with van der Waals surface area (Å²) in [4.78, 5) is 28.1. The van der Waals surface area contributed by atoms with E-state index < -0.39 is 5.41 Å². The number of aromatic nitrogens is 5. The van der Waals surface area contributed by atoms with Crippen molar-refractivity contribution in [3.63, 3.8) is 0 Å². The minimum Gasteiger partial charge on any atom is -0.474 e. The van der Waals surface area contributed by atoms with Crippen molar-refractivity contribution in [1.82, 2.24) is 29.2 Å². The number of nitrogen functional groups attached to an aromatic ring is 1. The van der Waals surface area contributed by atoms with Crippen LogP contribution in [0, 0.1) is 11.3 Å². The van der Waals surface area contributed by atoms with Crippen LogP contribution in [-0.4, -0.2) is 67.6 Å². The van der Waals surface area contributed by atoms with E-state index in [0.29, 0.717) is 65.6 Å². The Balaban J connectivity index is 1.21. The molecule has 3 fully saturated rings. The van der Waals surface area contributed by atoms with Gasteiger partial charge in [0.05, 0.1) is 29.4 Å². The van der Waals surface area contributed by atoms with Gasteiger partial charge in [0.25, 0.3) is 0 Å². The quantitative estimate of drug-likeness (QED) is 0.294. The zero-order chi connectivity index (χ0) is 32.6. The van der Waals surface area contributed by atoms with Crippen LogP contribution in [0.1, 0.15) is 104 Å². The zero-order valence-electron chi connectivity index (χ0n) is 27.6. The summed E-state index contributed by atoms with van der Waals surface area (Å²) in [5.74, 6) is 1.33. The molecule has 2 atom stereocenters. The molecule has 252 valence electrons. The molecule has 7 heterocycles. The minimum atomic E-state index is -0.424. The first kappa shape index (κ1) is 30.3. The summed E-state index contributed by atoms with van der Waals surface area (Å²) in [6.45, 7) is 6.33. The molecule has 3 saturated heterocycles. The van der Waals surface area contributed by atoms with Gasteiger partial charge in [-0.2, -0.15) is 10.2 Å². The first-order valence-electron chi connectivity index (χ1n) is 17.8. The summed E-state index contributed by atoms with van der Waals surface area (Å²) in [5, 5.41) is 15.5. The van der Waals surface area contributed by atoms with Gasteiger partial charge in [-0.05, 0) is 103 Å². The summed E-state index contributed by atoms with van der Waals surface area (Å²) < 4.78 is 22.4. The highest BCUT2D eigenvalue weighted by Gasteiger charge is 2.49. The molecule has 3 aliphatic heterocycles. The largest absolute Gasteiger partial charge is 0.474 e. The van der Waals surface area contributed by atoms with Crippen LogP contribution in [0.15, 0.2) is 9.32 Å². The number of imidazole rings is 1. The fourth-order valence-electron chi connectivity index (χ4n) is 9.79. The summed E-state index contributed by atoms with van der Waals surface area (Å²) in [5.41, 5.74) is 10.5. The van der Waals surface area contributed by atoms with Gasteiger partial charge in [-0.25, -0.2) is 9.78 Å². The topological polar surface area (TPSA) is 150 Å². The van der Waals surface area contributed by atoms with E-state index in [4.69, 9.17) is 34.9 Å². The van der Waals surface area contributed by atoms with E-state index in [2.05, 4.69) is 11.0 Å². The Morgan fingerprint density at radius 2 is 1.92 bits per heavy atom. The normalized spacial score (nSPS) is 24.9. The third kappa shape index (κ3) is 4.31. The van der Waals surface area contributed by atoms with E-state index in [0.717, 1.165) is 94.1 Å². The Bertz CT molecular complexity index is 2000. The maximum Gasteiger partial charge on any atom is 0.330 e. The van der Waals surface area contributed by atoms with Crippen LogP contribution < -0.4 is 16.2 Å². The van der Waals surface area contributed by atoms with Gasteiger partial charge >= 0.3 is 5.69 Å². The van der Waals surface area contributed by atoms with Gasteiger partial charge in [-0.1, -0.05) is 5.16 Å². The number of nitriles is 1. The van der Waals surface area contributed by atoms with E-state index in [1.54, 1.807) is 20.5 Å². The molecule has 0 amide bonds. The SMILES string of the molecule is CCn1c(=O)n([C@@H]2CCCOC2)c2nc(-c3onc4c3CCC[C@@]43CCCc4sc(N)c(C#N)c43)nc(OCC34CCCN3CCC4)c21. The van der Waals surface area contributed by atoms with Gasteiger partial charge in [0, 0.05) is 29.0 Å². The lowest BCUT2D eigenvalue weighted by Crippen LogP contribution is -2.43. The monoisotopic (exact) mass is 670 g/mol. The Morgan fingerprint density at radius 3 is 2.67 bits per heavy atom. The molecule has 0 unspecified atom stereocenters. The zero-order valence-corrected chi connectivity index (χ0v) is 28.4. The van der Waals surface area contributed by atoms with Crippen molar-refractivity contribution in [2.75, 3.05) is 38.6 Å². The maximum absolute atomic E-state index is 14.1. The predicted molar refractivity (Wildman–Crippen MR) is 180 cm³/mol. The number of fused-ring (bicyclic) bond motifs is 6. The molecule has 5 aliphatic rings. The number of hydrogen-bond donors (Lipinski definition) is 1. The fraction of sp³-hybridized carbons (Fsp3) is 0.629.